The van der Waals surface area contributed by atoms with Crippen molar-refractivity contribution in [1.29, 1.82) is 0 Å². The summed E-state index contributed by atoms with van der Waals surface area (Å²) in [7, 11) is 0. The molecule has 88 valence electrons. The molecule has 2 heterocycles. The number of nitrogens with zero attached hydrogens (tertiary/aromatic N) is 2. The van der Waals surface area contributed by atoms with Gasteiger partial charge < -0.3 is 0 Å². The topological polar surface area (TPSA) is 34.4 Å². The van der Waals surface area contributed by atoms with E-state index in [1.54, 1.807) is 11.4 Å². The van der Waals surface area contributed by atoms with Gasteiger partial charge in [0.2, 0.25) is 0 Å². The van der Waals surface area contributed by atoms with Crippen LogP contribution in [0.25, 0.3) is 16.8 Å². The highest BCUT2D eigenvalue weighted by Crippen LogP contribution is 2.26. The monoisotopic (exact) mass is 236 g/mol. The summed E-state index contributed by atoms with van der Waals surface area (Å²) in [6.45, 7) is 1.58. The summed E-state index contributed by atoms with van der Waals surface area (Å²) in [5, 5.41) is 4.50. The Kier molecular flexibility index (Phi) is 2.45. The molecule has 0 unspecified atom stereocenters. The first-order valence-electron chi connectivity index (χ1n) is 5.81. The molecule has 3 aromatic rings. The van der Waals surface area contributed by atoms with Crippen LogP contribution in [0.5, 0.6) is 0 Å². The molecule has 0 fully saturated rings. The van der Waals surface area contributed by atoms with E-state index in [2.05, 4.69) is 5.10 Å². The van der Waals surface area contributed by atoms with Crippen LogP contribution in [-0.2, 0) is 0 Å². The van der Waals surface area contributed by atoms with Crippen molar-refractivity contribution < 1.29 is 4.79 Å². The quantitative estimate of drug-likeness (QED) is 0.640. The van der Waals surface area contributed by atoms with Crippen molar-refractivity contribution in [3.05, 3.63) is 60.3 Å². The fraction of sp³-hybridized carbons (Fsp3) is 0.0667. The maximum Gasteiger partial charge on any atom is 0.164 e. The standard InChI is InChI=1S/C15H12N2O/c1-11(18)14-13-9-5-6-10-17(13)16-15(14)12-7-3-2-4-8-12/h2-10H,1H3. The molecule has 3 heteroatoms. The maximum atomic E-state index is 11.9. The van der Waals surface area contributed by atoms with Gasteiger partial charge in [0, 0.05) is 11.8 Å². The smallest absolute Gasteiger partial charge is 0.164 e. The van der Waals surface area contributed by atoms with Crippen LogP contribution in [0, 0.1) is 0 Å². The van der Waals surface area contributed by atoms with Crippen molar-refractivity contribution in [2.45, 2.75) is 6.92 Å². The molecule has 18 heavy (non-hydrogen) atoms. The van der Waals surface area contributed by atoms with Crippen molar-refractivity contribution in [2.75, 3.05) is 0 Å². The fourth-order valence-electron chi connectivity index (χ4n) is 2.14. The Labute approximate surface area is 105 Å². The molecule has 3 rings (SSSR count). The van der Waals surface area contributed by atoms with Gasteiger partial charge in [0.1, 0.15) is 5.69 Å². The molecule has 0 atom stereocenters. The van der Waals surface area contributed by atoms with Gasteiger partial charge in [0.25, 0.3) is 0 Å². The number of carbonyl (C=O) groups is 1. The van der Waals surface area contributed by atoms with Gasteiger partial charge in [0.05, 0.1) is 11.1 Å². The Hall–Kier alpha value is -2.42. The van der Waals surface area contributed by atoms with Crippen LogP contribution in [0.1, 0.15) is 17.3 Å². The summed E-state index contributed by atoms with van der Waals surface area (Å²) in [4.78, 5) is 11.9. The molecule has 1 aromatic carbocycles. The zero-order valence-electron chi connectivity index (χ0n) is 10.00. The van der Waals surface area contributed by atoms with Crippen LogP contribution in [-0.4, -0.2) is 15.4 Å². The van der Waals surface area contributed by atoms with E-state index in [-0.39, 0.29) is 5.78 Å². The number of rotatable bonds is 2. The zero-order chi connectivity index (χ0) is 12.5. The molecule has 0 saturated carbocycles. The van der Waals surface area contributed by atoms with Crippen LogP contribution >= 0.6 is 0 Å². The van der Waals surface area contributed by atoms with Crippen LogP contribution in [0.4, 0.5) is 0 Å². The Morgan fingerprint density at radius 3 is 2.50 bits per heavy atom. The average molecular weight is 236 g/mol. The Balaban J connectivity index is 2.36. The van der Waals surface area contributed by atoms with Crippen molar-refractivity contribution in [3.63, 3.8) is 0 Å². The largest absolute Gasteiger partial charge is 0.294 e. The minimum atomic E-state index is 0.0371. The number of benzene rings is 1. The summed E-state index contributed by atoms with van der Waals surface area (Å²) < 4.78 is 1.75. The molecule has 3 nitrogen and oxygen atoms in total. The van der Waals surface area contributed by atoms with Gasteiger partial charge in [-0.25, -0.2) is 4.52 Å². The summed E-state index contributed by atoms with van der Waals surface area (Å²) >= 11 is 0. The van der Waals surface area contributed by atoms with Gasteiger partial charge in [-0.05, 0) is 19.1 Å². The predicted octanol–water partition coefficient (Wildman–Crippen LogP) is 3.20. The molecule has 0 amide bonds. The van der Waals surface area contributed by atoms with Crippen LogP contribution in [0.2, 0.25) is 0 Å². The normalized spacial score (nSPS) is 10.7. The molecule has 0 aliphatic rings. The maximum absolute atomic E-state index is 11.9. The first kappa shape index (κ1) is 10.7. The van der Waals surface area contributed by atoms with Gasteiger partial charge in [-0.15, -0.1) is 0 Å². The molecule has 2 aromatic heterocycles. The summed E-state index contributed by atoms with van der Waals surface area (Å²) in [6.07, 6.45) is 1.86. The van der Waals surface area contributed by atoms with E-state index in [1.807, 2.05) is 54.7 Å². The third kappa shape index (κ3) is 1.61. The van der Waals surface area contributed by atoms with Gasteiger partial charge in [-0.2, -0.15) is 5.10 Å². The van der Waals surface area contributed by atoms with E-state index in [1.165, 1.54) is 0 Å². The minimum Gasteiger partial charge on any atom is -0.294 e. The van der Waals surface area contributed by atoms with Crippen LogP contribution in [0.3, 0.4) is 0 Å². The number of hydrogen-bond donors (Lipinski definition) is 0. The fourth-order valence-corrected chi connectivity index (χ4v) is 2.14. The van der Waals surface area contributed by atoms with Crippen molar-refractivity contribution in [1.82, 2.24) is 9.61 Å². The number of ketones is 1. The molecule has 0 spiro atoms. The molecular weight excluding hydrogens is 224 g/mol. The molecule has 0 aliphatic heterocycles. The van der Waals surface area contributed by atoms with Crippen molar-refractivity contribution in [3.8, 4) is 11.3 Å². The lowest BCUT2D eigenvalue weighted by Crippen LogP contribution is -1.93. The van der Waals surface area contributed by atoms with E-state index < -0.39 is 0 Å². The Morgan fingerprint density at radius 2 is 1.78 bits per heavy atom. The number of pyridine rings is 1. The highest BCUT2D eigenvalue weighted by Gasteiger charge is 2.17. The van der Waals surface area contributed by atoms with Gasteiger partial charge in [-0.3, -0.25) is 4.79 Å². The molecule has 0 N–H and O–H groups in total. The number of aromatic nitrogens is 2. The van der Waals surface area contributed by atoms with Crippen molar-refractivity contribution in [2.24, 2.45) is 0 Å². The molecule has 0 radical (unpaired) electrons. The lowest BCUT2D eigenvalue weighted by molar-refractivity contribution is 0.102. The van der Waals surface area contributed by atoms with E-state index >= 15 is 0 Å². The van der Waals surface area contributed by atoms with Crippen LogP contribution in [0.15, 0.2) is 54.7 Å². The first-order valence-corrected chi connectivity index (χ1v) is 5.81. The second kappa shape index (κ2) is 4.11. The number of carbonyl (C=O) groups excluding carboxylic acids is 1. The zero-order valence-corrected chi connectivity index (χ0v) is 10.00. The second-order valence-electron chi connectivity index (χ2n) is 4.18. The van der Waals surface area contributed by atoms with E-state index in [0.29, 0.717) is 5.56 Å². The lowest BCUT2D eigenvalue weighted by atomic mass is 10.0. The number of hydrogen-bond acceptors (Lipinski definition) is 2. The molecule has 0 aliphatic carbocycles. The van der Waals surface area contributed by atoms with E-state index in [9.17, 15) is 4.79 Å². The minimum absolute atomic E-state index is 0.0371. The van der Waals surface area contributed by atoms with E-state index in [4.69, 9.17) is 0 Å². The molecule has 0 saturated heterocycles. The van der Waals surface area contributed by atoms with Gasteiger partial charge in [0.15, 0.2) is 5.78 Å². The third-order valence-corrected chi connectivity index (χ3v) is 2.94. The predicted molar refractivity (Wildman–Crippen MR) is 70.6 cm³/mol. The third-order valence-electron chi connectivity index (χ3n) is 2.94. The lowest BCUT2D eigenvalue weighted by Gasteiger charge is -1.98. The highest BCUT2D eigenvalue weighted by molar-refractivity contribution is 6.06. The Morgan fingerprint density at radius 1 is 1.06 bits per heavy atom. The summed E-state index contributed by atoms with van der Waals surface area (Å²) in [6, 6.07) is 15.5. The number of Topliss-reactive ketones (excluding diaryl/α,β-unsaturated/α-hetero) is 1. The SMILES string of the molecule is CC(=O)c1c(-c2ccccc2)nn2ccccc12. The van der Waals surface area contributed by atoms with Crippen molar-refractivity contribution >= 4 is 11.3 Å². The molecular formula is C15H12N2O. The second-order valence-corrected chi connectivity index (χ2v) is 4.18. The van der Waals surface area contributed by atoms with E-state index in [0.717, 1.165) is 16.8 Å². The number of fused-ring (bicyclic) bond motifs is 1. The summed E-state index contributed by atoms with van der Waals surface area (Å²) in [5.41, 5.74) is 3.24. The molecule has 0 bridgehead atoms. The first-order chi connectivity index (χ1) is 8.77. The van der Waals surface area contributed by atoms with Gasteiger partial charge in [-0.1, -0.05) is 36.4 Å². The Bertz CT molecular complexity index is 714. The average Bonchev–Trinajstić information content (AvgIpc) is 2.79. The van der Waals surface area contributed by atoms with Gasteiger partial charge >= 0.3 is 0 Å². The highest BCUT2D eigenvalue weighted by atomic mass is 16.1. The summed E-state index contributed by atoms with van der Waals surface area (Å²) in [5.74, 6) is 0.0371. The van der Waals surface area contributed by atoms with Crippen LogP contribution < -0.4 is 0 Å².